The zero-order valence-corrected chi connectivity index (χ0v) is 83.0. The summed E-state index contributed by atoms with van der Waals surface area (Å²) in [5.74, 6) is -15.4. The van der Waals surface area contributed by atoms with Gasteiger partial charge in [-0.15, -0.1) is 5.10 Å². The molecule has 0 spiro atoms. The molecule has 0 bridgehead atoms. The van der Waals surface area contributed by atoms with E-state index in [0.717, 1.165) is 73.0 Å². The Hall–Kier alpha value is -14.0. The Balaban J connectivity index is 0.935. The number of primary amides is 1. The number of carboxylic acid groups (broad SMARTS) is 1. The number of H-pyrrole nitrogens is 3. The Morgan fingerprint density at radius 3 is 1.87 bits per heavy atom. The monoisotopic (exact) mass is 2050 g/mol. The average molecular weight is 2050 g/mol. The lowest BCUT2D eigenvalue weighted by molar-refractivity contribution is -0.143. The van der Waals surface area contributed by atoms with Crippen molar-refractivity contribution in [2.75, 3.05) is 72.3 Å². The molecule has 5 heterocycles. The number of Topliss-reactive ketones (excluding diaryl/α,β-unsaturated/α-hetero) is 1. The number of benzene rings is 2. The number of nitrogens with zero attached hydrogens (tertiary/aromatic N) is 5. The average Bonchev–Trinajstić information content (AvgIpc) is 1.64. The molecule has 3 aromatic heterocycles. The first-order valence-electron chi connectivity index (χ1n) is 50.2. The number of rotatable bonds is 61. The van der Waals surface area contributed by atoms with E-state index in [9.17, 15) is 82.4 Å². The molecule has 16 amide bonds. The smallest absolute Gasteiger partial charge is 0.303 e. The van der Waals surface area contributed by atoms with E-state index < -0.39 is 250 Å². The number of amides is 16. The molecule has 50 nitrogen and oxygen atoms in total. The van der Waals surface area contributed by atoms with Gasteiger partial charge in [-0.05, 0) is 105 Å². The van der Waals surface area contributed by atoms with Gasteiger partial charge in [-0.2, -0.15) is 0 Å². The Morgan fingerprint density at radius 2 is 1.20 bits per heavy atom. The van der Waals surface area contributed by atoms with Crippen molar-refractivity contribution < 1.29 is 111 Å². The molecule has 13 atom stereocenters. The maximum atomic E-state index is 15.4. The summed E-state index contributed by atoms with van der Waals surface area (Å²) in [6.45, 7) is -0.808. The van der Waals surface area contributed by atoms with Crippen molar-refractivity contribution in [2.24, 2.45) is 17.2 Å². The SMILES string of the molecule is CCCC[C@H](NC(=O)[C@H](Cc1c[nH]cn1)NC(=O)[C@H](CN)NC(=O)[C@@H](CO)NC(=O)[C@H](CCC(N)=O)NC(=O)CNC(=O)COCCOCCNC(=O)[C@H](CCC(=O)O)NC(=O)CCCCCCCCCCCCCCCc1nnn[nH]1)C(=O)N[C@H]1CCC(=O)NCCCC[C@@H](C(C)=O)NC(=O)[C@H](Cc2c[nH]c3ccccc23)NC(=O)[C@H](CCCNC(=N)N)NC(=O)[C@@H](Cc2ccccc2)NC(=O)[C@@H]2C[C@@H](O)CN2C1=O. The Kier molecular flexibility index (Phi) is 53.8. The molecule has 2 saturated heterocycles. The highest BCUT2D eigenvalue weighted by molar-refractivity contribution is 6.01. The lowest BCUT2D eigenvalue weighted by Crippen LogP contribution is -2.62. The number of fused-ring (bicyclic) bond motifs is 2. The molecule has 50 heteroatoms. The van der Waals surface area contributed by atoms with Crippen LogP contribution < -0.4 is 97.0 Å². The van der Waals surface area contributed by atoms with E-state index in [2.05, 4.69) is 115 Å². The van der Waals surface area contributed by atoms with Crippen LogP contribution in [0.25, 0.3) is 10.9 Å². The number of carboxylic acids is 1. The standard InChI is InChI=1S/C96H147N27O23/c1-3-4-29-67(86(135)113-71-36-39-80(128)102-41-24-23-30-65(59(2)125)110-90(139)73(48-61-52-105-66-31-22-21-28-64(61)66)114-87(136)68(32-25-42-104-96(99)100)112-89(138)72(47-60-26-17-16-18-27-60)116-94(143)77-50-63(126)55-123(77)95(71)144)111-91(140)74(49-62-53-101-58-107-62)115-92(141)75(51-97)117-93(142)76(56-124)118-88(137)70(35-38-78(98)127)109-82(130)54-106-83(131)57-146-46-45-145-44-43-103-85(134)69(37-40-84(132)133)108-81(129)34-20-15-13-11-9-7-5-6-8-10-12-14-19-33-79-119-121-122-120-79/h16-18,21-22,26-28,31,52-53,58,63,65,67-77,105,124,126H,3-15,19-20,23-25,29-30,32-51,54-57,97H2,1-2H3,(H2,98,127)(H,101,107)(H,102,128)(H,103,134)(H,106,131)(H,108,129)(H,109,130)(H,110,139)(H,111,140)(H,112,138)(H,113,135)(H,114,136)(H,115,141)(H,116,143)(H,117,142)(H,118,137)(H,132,133)(H4,99,100,104)(H,119,120,121,122)/t63-,65+,67+,68+,69+,70+,71+,72-,73+,74+,75+,76-,77+/m1/s1. The minimum atomic E-state index is -1.90. The molecule has 146 heavy (non-hydrogen) atoms. The van der Waals surface area contributed by atoms with Crippen molar-refractivity contribution in [3.05, 3.63) is 96.0 Å². The molecule has 2 aliphatic heterocycles. The van der Waals surface area contributed by atoms with Crippen LogP contribution in [0.4, 0.5) is 0 Å². The lowest BCUT2D eigenvalue weighted by atomic mass is 10.0. The van der Waals surface area contributed by atoms with E-state index in [1.807, 2.05) is 18.2 Å². The predicted molar refractivity (Wildman–Crippen MR) is 529 cm³/mol. The van der Waals surface area contributed by atoms with Crippen LogP contribution in [0.2, 0.25) is 0 Å². The molecule has 0 aliphatic carbocycles. The summed E-state index contributed by atoms with van der Waals surface area (Å²) in [5.41, 5.74) is 19.1. The third kappa shape index (κ3) is 44.7. The van der Waals surface area contributed by atoms with Gasteiger partial charge in [0.25, 0.3) is 0 Å². The van der Waals surface area contributed by atoms with E-state index in [1.165, 1.54) is 51.6 Å². The number of ketones is 1. The second-order valence-corrected chi connectivity index (χ2v) is 36.4. The number of carbonyl (C=O) groups excluding carboxylic acids is 17. The van der Waals surface area contributed by atoms with Crippen LogP contribution >= 0.6 is 0 Å². The van der Waals surface area contributed by atoms with Gasteiger partial charge in [-0.3, -0.25) is 91.7 Å². The van der Waals surface area contributed by atoms with Crippen molar-refractivity contribution in [3.63, 3.8) is 0 Å². The van der Waals surface area contributed by atoms with E-state index in [1.54, 1.807) is 49.5 Å². The molecule has 2 aromatic carbocycles. The first-order valence-corrected chi connectivity index (χ1v) is 50.2. The zero-order valence-electron chi connectivity index (χ0n) is 83.0. The highest BCUT2D eigenvalue weighted by Crippen LogP contribution is 2.25. The molecule has 804 valence electrons. The Labute approximate surface area is 845 Å². The third-order valence-corrected chi connectivity index (χ3v) is 24.7. The number of aliphatic carboxylic acids is 1. The second kappa shape index (κ2) is 66.1. The summed E-state index contributed by atoms with van der Waals surface area (Å²) in [6, 6.07) is -2.64. The van der Waals surface area contributed by atoms with Gasteiger partial charge in [-0.1, -0.05) is 139 Å². The van der Waals surface area contributed by atoms with Gasteiger partial charge in [0, 0.05) is 114 Å². The minimum Gasteiger partial charge on any atom is -0.481 e. The summed E-state index contributed by atoms with van der Waals surface area (Å²) >= 11 is 0. The van der Waals surface area contributed by atoms with Crippen molar-refractivity contribution >= 4 is 123 Å². The third-order valence-electron chi connectivity index (χ3n) is 24.7. The maximum Gasteiger partial charge on any atom is 0.303 e. The van der Waals surface area contributed by atoms with Crippen molar-refractivity contribution in [2.45, 2.75) is 304 Å². The minimum absolute atomic E-state index is 0.0153. The fourth-order valence-electron chi connectivity index (χ4n) is 16.6. The van der Waals surface area contributed by atoms with Gasteiger partial charge in [0.2, 0.25) is 94.5 Å². The van der Waals surface area contributed by atoms with Gasteiger partial charge in [0.05, 0.1) is 57.1 Å². The van der Waals surface area contributed by atoms with Gasteiger partial charge >= 0.3 is 5.97 Å². The van der Waals surface area contributed by atoms with Crippen LogP contribution in [0.15, 0.2) is 73.3 Å². The molecule has 0 radical (unpaired) electrons. The first-order chi connectivity index (χ1) is 70.2. The van der Waals surface area contributed by atoms with Crippen LogP contribution in [0.3, 0.4) is 0 Å². The van der Waals surface area contributed by atoms with E-state index in [-0.39, 0.29) is 134 Å². The number of hydrogen-bond acceptors (Lipinski definition) is 28. The Bertz CT molecular complexity index is 5010. The topological polar surface area (TPSA) is 771 Å². The van der Waals surface area contributed by atoms with Crippen LogP contribution in [0, 0.1) is 5.41 Å². The van der Waals surface area contributed by atoms with Crippen LogP contribution in [0.5, 0.6) is 0 Å². The number of aliphatic hydroxyl groups is 2. The number of carbonyl (C=O) groups is 18. The quantitative estimate of drug-likeness (QED) is 0.0104. The number of nitrogens with one attached hydrogen (secondary N) is 19. The van der Waals surface area contributed by atoms with E-state index >= 15 is 19.2 Å². The number of unbranched alkanes of at least 4 members (excludes halogenated alkanes) is 13. The summed E-state index contributed by atoms with van der Waals surface area (Å²) in [7, 11) is 0. The van der Waals surface area contributed by atoms with Gasteiger partial charge < -0.3 is 137 Å². The molecule has 0 saturated carbocycles. The lowest BCUT2D eigenvalue weighted by Gasteiger charge is -2.31. The van der Waals surface area contributed by atoms with Crippen LogP contribution in [-0.4, -0.2) is 319 Å². The number of aryl methyl sites for hydroxylation is 1. The van der Waals surface area contributed by atoms with Crippen LogP contribution in [0.1, 0.15) is 223 Å². The maximum absolute atomic E-state index is 15.4. The molecule has 0 unspecified atom stereocenters. The summed E-state index contributed by atoms with van der Waals surface area (Å²) in [6.07, 6.45) is 15.6. The molecular weight excluding hydrogens is 1900 g/mol. The number of ether oxygens (including phenoxy) is 2. The number of aliphatic hydroxyl groups excluding tert-OH is 2. The zero-order chi connectivity index (χ0) is 106. The largest absolute Gasteiger partial charge is 0.481 e. The summed E-state index contributed by atoms with van der Waals surface area (Å²) in [4.78, 5) is 261. The predicted octanol–water partition coefficient (Wildman–Crippen LogP) is -3.10. The molecule has 28 N–H and O–H groups in total. The normalized spacial score (nSPS) is 18.4. The number of aromatic nitrogens is 7. The number of nitrogens with two attached hydrogens (primary N) is 3. The van der Waals surface area contributed by atoms with E-state index in [4.69, 9.17) is 32.1 Å². The number of para-hydroxylation sites is 1. The van der Waals surface area contributed by atoms with Crippen molar-refractivity contribution in [1.82, 2.24) is 120 Å². The van der Waals surface area contributed by atoms with Crippen molar-refractivity contribution in [3.8, 4) is 0 Å². The Morgan fingerprint density at radius 1 is 0.589 bits per heavy atom. The fourth-order valence-corrected chi connectivity index (χ4v) is 16.6. The number of hydrogen-bond donors (Lipinski definition) is 25. The molecule has 2 aliphatic rings. The van der Waals surface area contributed by atoms with Gasteiger partial charge in [-0.25, -0.2) is 10.1 Å². The molecule has 2 fully saturated rings. The fraction of sp³-hybridized carbons (Fsp3) is 0.615. The molecule has 5 aromatic rings. The molecule has 7 rings (SSSR count). The summed E-state index contributed by atoms with van der Waals surface area (Å²) < 4.78 is 10.8. The number of aromatic amines is 3. The summed E-state index contributed by atoms with van der Waals surface area (Å²) in [5, 5.41) is 92.4. The first kappa shape index (κ1) is 119. The van der Waals surface area contributed by atoms with Crippen LogP contribution in [-0.2, 0) is 121 Å². The number of guanidine groups is 1. The number of imidazole rings is 1. The number of tetrazole rings is 1. The highest BCUT2D eigenvalue weighted by atomic mass is 16.5. The highest BCUT2D eigenvalue weighted by Gasteiger charge is 2.45. The molecular formula is C96H147N27O23. The van der Waals surface area contributed by atoms with Gasteiger partial charge in [0.15, 0.2) is 11.7 Å². The second-order valence-electron chi connectivity index (χ2n) is 36.4. The van der Waals surface area contributed by atoms with E-state index in [0.29, 0.717) is 24.0 Å². The van der Waals surface area contributed by atoms with Gasteiger partial charge in [0.1, 0.15) is 78.9 Å². The van der Waals surface area contributed by atoms with Crippen molar-refractivity contribution in [1.29, 1.82) is 5.41 Å².